The van der Waals surface area contributed by atoms with E-state index < -0.39 is 0 Å². The molecule has 0 N–H and O–H groups in total. The van der Waals surface area contributed by atoms with E-state index >= 15 is 0 Å². The van der Waals surface area contributed by atoms with Gasteiger partial charge in [0.2, 0.25) is 0 Å². The maximum absolute atomic E-state index is 5.92. The van der Waals surface area contributed by atoms with Gasteiger partial charge in [-0.15, -0.1) is 11.6 Å². The topological polar surface area (TPSA) is 9.23 Å². The summed E-state index contributed by atoms with van der Waals surface area (Å²) < 4.78 is 5.15. The van der Waals surface area contributed by atoms with Crippen LogP contribution in [0, 0.1) is 0 Å². The molecule has 1 rings (SSSR count). The van der Waals surface area contributed by atoms with Crippen LogP contribution in [0.1, 0.15) is 5.56 Å². The van der Waals surface area contributed by atoms with E-state index in [9.17, 15) is 0 Å². The fourth-order valence-electron chi connectivity index (χ4n) is 1.04. The Morgan fingerprint density at radius 3 is 2.85 bits per heavy atom. The normalized spacial score (nSPS) is 10.7. The van der Waals surface area contributed by atoms with Crippen molar-refractivity contribution >= 4 is 29.3 Å². The van der Waals surface area contributed by atoms with Crippen LogP contribution in [-0.2, 0) is 0 Å². The fraction of sp³-hybridized carbons (Fsp3) is 0.200. The number of para-hydroxylation sites is 1. The number of allylic oxidation sites excluding steroid dienone is 1. The Balaban J connectivity index is 3.05. The maximum atomic E-state index is 5.92. The van der Waals surface area contributed by atoms with Crippen LogP contribution >= 0.6 is 23.2 Å². The summed E-state index contributed by atoms with van der Waals surface area (Å²) in [4.78, 5) is 0. The second kappa shape index (κ2) is 5.15. The highest BCUT2D eigenvalue weighted by Crippen LogP contribution is 2.28. The molecule has 0 atom stereocenters. The molecule has 0 amide bonds. The Labute approximate surface area is 87.9 Å². The Morgan fingerprint density at radius 1 is 1.46 bits per heavy atom. The molecule has 0 bridgehead atoms. The molecule has 70 valence electrons. The molecular weight excluding hydrogens is 207 g/mol. The number of benzene rings is 1. The maximum Gasteiger partial charge on any atom is 0.144 e. The number of alkyl halides is 1. The van der Waals surface area contributed by atoms with Crippen molar-refractivity contribution in [2.75, 3.05) is 13.0 Å². The summed E-state index contributed by atoms with van der Waals surface area (Å²) in [6.45, 7) is 0. The van der Waals surface area contributed by atoms with Crippen LogP contribution in [0.3, 0.4) is 0 Å². The zero-order valence-electron chi connectivity index (χ0n) is 7.26. The number of methoxy groups -OCH3 is 1. The first-order valence-electron chi connectivity index (χ1n) is 3.84. The van der Waals surface area contributed by atoms with E-state index in [1.54, 1.807) is 13.2 Å². The number of ether oxygens (including phenoxy) is 1. The SMILES string of the molecule is COc1c(Cl)cccc1C=CCCl. The van der Waals surface area contributed by atoms with Crippen molar-refractivity contribution < 1.29 is 4.74 Å². The van der Waals surface area contributed by atoms with E-state index in [4.69, 9.17) is 27.9 Å². The van der Waals surface area contributed by atoms with E-state index in [1.165, 1.54) is 0 Å². The van der Waals surface area contributed by atoms with Gasteiger partial charge in [0.05, 0.1) is 12.1 Å². The van der Waals surface area contributed by atoms with Gasteiger partial charge < -0.3 is 4.74 Å². The van der Waals surface area contributed by atoms with Gasteiger partial charge in [0.15, 0.2) is 0 Å². The second-order valence-corrected chi connectivity index (χ2v) is 3.13. The predicted molar refractivity (Wildman–Crippen MR) is 57.8 cm³/mol. The van der Waals surface area contributed by atoms with Crippen LogP contribution in [0.4, 0.5) is 0 Å². The Morgan fingerprint density at radius 2 is 2.23 bits per heavy atom. The molecule has 0 heterocycles. The minimum absolute atomic E-state index is 0.482. The van der Waals surface area contributed by atoms with Crippen LogP contribution in [0.5, 0.6) is 5.75 Å². The van der Waals surface area contributed by atoms with Crippen LogP contribution in [0.25, 0.3) is 6.08 Å². The average Bonchev–Trinajstić information content (AvgIpc) is 2.15. The second-order valence-electron chi connectivity index (χ2n) is 2.42. The highest BCUT2D eigenvalue weighted by Gasteiger charge is 2.03. The van der Waals surface area contributed by atoms with Crippen LogP contribution < -0.4 is 4.74 Å². The third kappa shape index (κ3) is 2.64. The lowest BCUT2D eigenvalue weighted by atomic mass is 10.2. The molecule has 0 aliphatic rings. The van der Waals surface area contributed by atoms with Gasteiger partial charge in [-0.1, -0.05) is 35.9 Å². The largest absolute Gasteiger partial charge is 0.495 e. The van der Waals surface area contributed by atoms with E-state index in [1.807, 2.05) is 24.3 Å². The van der Waals surface area contributed by atoms with Crippen molar-refractivity contribution in [2.45, 2.75) is 0 Å². The molecule has 1 nitrogen and oxygen atoms in total. The molecule has 0 fully saturated rings. The predicted octanol–water partition coefficient (Wildman–Crippen LogP) is 3.60. The number of rotatable bonds is 3. The van der Waals surface area contributed by atoms with Crippen molar-refractivity contribution in [1.82, 2.24) is 0 Å². The standard InChI is InChI=1S/C10H10Cl2O/c1-13-10-8(5-3-7-11)4-2-6-9(10)12/h2-6H,7H2,1H3. The van der Waals surface area contributed by atoms with Gasteiger partial charge >= 0.3 is 0 Å². The summed E-state index contributed by atoms with van der Waals surface area (Å²) >= 11 is 11.4. The van der Waals surface area contributed by atoms with Crippen LogP contribution in [0.15, 0.2) is 24.3 Å². The summed E-state index contributed by atoms with van der Waals surface area (Å²) in [5.41, 5.74) is 0.940. The van der Waals surface area contributed by atoms with Gasteiger partial charge in [0, 0.05) is 11.4 Å². The Bertz CT molecular complexity index is 308. The monoisotopic (exact) mass is 216 g/mol. The summed E-state index contributed by atoms with van der Waals surface area (Å²) in [6.07, 6.45) is 3.73. The zero-order chi connectivity index (χ0) is 9.68. The molecule has 0 spiro atoms. The lowest BCUT2D eigenvalue weighted by Crippen LogP contribution is -1.87. The molecule has 0 aromatic heterocycles. The summed E-state index contributed by atoms with van der Waals surface area (Å²) in [5, 5.41) is 0.610. The zero-order valence-corrected chi connectivity index (χ0v) is 8.77. The summed E-state index contributed by atoms with van der Waals surface area (Å²) in [5.74, 6) is 1.17. The van der Waals surface area contributed by atoms with Crippen molar-refractivity contribution in [3.8, 4) is 5.75 Å². The number of hydrogen-bond acceptors (Lipinski definition) is 1. The lowest BCUT2D eigenvalue weighted by molar-refractivity contribution is 0.414. The molecule has 1 aromatic carbocycles. The van der Waals surface area contributed by atoms with Gasteiger partial charge in [0.1, 0.15) is 5.75 Å². The summed E-state index contributed by atoms with van der Waals surface area (Å²) in [6, 6.07) is 5.59. The van der Waals surface area contributed by atoms with Crippen LogP contribution in [0.2, 0.25) is 5.02 Å². The first kappa shape index (κ1) is 10.4. The molecule has 1 aromatic rings. The van der Waals surface area contributed by atoms with Crippen molar-refractivity contribution in [3.63, 3.8) is 0 Å². The van der Waals surface area contributed by atoms with Crippen molar-refractivity contribution in [2.24, 2.45) is 0 Å². The van der Waals surface area contributed by atoms with Gasteiger partial charge in [-0.2, -0.15) is 0 Å². The molecule has 0 saturated heterocycles. The van der Waals surface area contributed by atoms with E-state index in [2.05, 4.69) is 0 Å². The minimum Gasteiger partial charge on any atom is -0.495 e. The van der Waals surface area contributed by atoms with Crippen molar-refractivity contribution in [3.05, 3.63) is 34.9 Å². The minimum atomic E-state index is 0.482. The van der Waals surface area contributed by atoms with Crippen LogP contribution in [-0.4, -0.2) is 13.0 Å². The molecule has 0 aliphatic heterocycles. The Hall–Kier alpha value is -0.660. The quantitative estimate of drug-likeness (QED) is 0.703. The third-order valence-corrected chi connectivity index (χ3v) is 2.06. The molecule has 3 heteroatoms. The molecule has 13 heavy (non-hydrogen) atoms. The van der Waals surface area contributed by atoms with Gasteiger partial charge in [-0.05, 0) is 6.07 Å². The highest BCUT2D eigenvalue weighted by molar-refractivity contribution is 6.32. The molecular formula is C10H10Cl2O. The Kier molecular flexibility index (Phi) is 4.13. The molecule has 0 unspecified atom stereocenters. The lowest BCUT2D eigenvalue weighted by Gasteiger charge is -2.05. The van der Waals surface area contributed by atoms with Gasteiger partial charge in [0.25, 0.3) is 0 Å². The first-order valence-corrected chi connectivity index (χ1v) is 4.76. The van der Waals surface area contributed by atoms with E-state index in [-0.39, 0.29) is 0 Å². The first-order chi connectivity index (χ1) is 6.29. The number of halogens is 2. The third-order valence-electron chi connectivity index (χ3n) is 1.59. The van der Waals surface area contributed by atoms with Gasteiger partial charge in [-0.25, -0.2) is 0 Å². The smallest absolute Gasteiger partial charge is 0.144 e. The van der Waals surface area contributed by atoms with E-state index in [0.29, 0.717) is 16.7 Å². The molecule has 0 aliphatic carbocycles. The highest BCUT2D eigenvalue weighted by atomic mass is 35.5. The fourth-order valence-corrected chi connectivity index (χ4v) is 1.39. The summed E-state index contributed by atoms with van der Waals surface area (Å²) in [7, 11) is 1.60. The average molecular weight is 217 g/mol. The molecule has 0 saturated carbocycles. The number of hydrogen-bond donors (Lipinski definition) is 0. The van der Waals surface area contributed by atoms with E-state index in [0.717, 1.165) is 5.56 Å². The van der Waals surface area contributed by atoms with Gasteiger partial charge in [-0.3, -0.25) is 0 Å². The molecule has 0 radical (unpaired) electrons. The van der Waals surface area contributed by atoms with Crippen molar-refractivity contribution in [1.29, 1.82) is 0 Å².